The monoisotopic (exact) mass is 395 g/mol. The molecule has 1 N–H and O–H groups in total. The summed E-state index contributed by atoms with van der Waals surface area (Å²) in [5, 5.41) is 2.62. The molecule has 2 unspecified atom stereocenters. The normalized spacial score (nSPS) is 13.3. The highest BCUT2D eigenvalue weighted by Crippen LogP contribution is 2.39. The van der Waals surface area contributed by atoms with Crippen LogP contribution in [0, 0.1) is 0 Å². The zero-order chi connectivity index (χ0) is 17.8. The summed E-state index contributed by atoms with van der Waals surface area (Å²) in [5.74, 6) is -0.0231. The zero-order valence-electron chi connectivity index (χ0n) is 14.3. The van der Waals surface area contributed by atoms with Crippen molar-refractivity contribution in [3.63, 3.8) is 0 Å². The third-order valence-electron chi connectivity index (χ3n) is 2.08. The van der Waals surface area contributed by atoms with Gasteiger partial charge in [0.05, 0.1) is 7.11 Å². The largest absolute Gasteiger partial charge is 0.468 e. The van der Waals surface area contributed by atoms with Gasteiger partial charge in [0.25, 0.3) is 0 Å². The summed E-state index contributed by atoms with van der Waals surface area (Å²) in [6, 6.07) is 6.23. The van der Waals surface area contributed by atoms with Crippen LogP contribution in [0.2, 0.25) is 0 Å². The van der Waals surface area contributed by atoms with E-state index in [1.807, 2.05) is 27.7 Å². The Balaban J connectivity index is 0. The van der Waals surface area contributed by atoms with Gasteiger partial charge in [0.1, 0.15) is 11.8 Å². The van der Waals surface area contributed by atoms with E-state index in [0.717, 1.165) is 4.47 Å². The molecule has 2 atom stereocenters. The van der Waals surface area contributed by atoms with E-state index in [1.165, 1.54) is 13.8 Å². The second-order valence-corrected chi connectivity index (χ2v) is 6.81. The lowest BCUT2D eigenvalue weighted by molar-refractivity contribution is -0.142. The number of esters is 1. The molecule has 0 saturated heterocycles. The molecule has 1 aromatic rings. The molecule has 0 aliphatic heterocycles. The van der Waals surface area contributed by atoms with Crippen LogP contribution in [0.5, 0.6) is 5.75 Å². The van der Waals surface area contributed by atoms with Crippen molar-refractivity contribution in [3.05, 3.63) is 28.7 Å². The van der Waals surface area contributed by atoms with Crippen molar-refractivity contribution < 1.29 is 18.6 Å². The molecular weight excluding hydrogens is 369 g/mol. The first-order chi connectivity index (χ1) is 10.3. The molecule has 0 aliphatic rings. The number of hydrogen-bond donors (Lipinski definition) is 1. The molecule has 22 heavy (non-hydrogen) atoms. The maximum atomic E-state index is 12.1. The fraction of sp³-hybridized carbons (Fsp3) is 0.533. The van der Waals surface area contributed by atoms with Crippen molar-refractivity contribution in [3.8, 4) is 5.75 Å². The Kier molecular flexibility index (Phi) is 13.5. The molecule has 0 spiro atoms. The summed E-state index contributed by atoms with van der Waals surface area (Å²) in [6.07, 6.45) is 0. The quantitative estimate of drug-likeness (QED) is 0.569. The van der Waals surface area contributed by atoms with E-state index in [1.54, 1.807) is 31.2 Å². The maximum Gasteiger partial charge on any atom is 0.323 e. The number of rotatable bonds is 5. The summed E-state index contributed by atoms with van der Waals surface area (Å²) >= 11 is 3.29. The van der Waals surface area contributed by atoms with E-state index in [-0.39, 0.29) is 0 Å². The molecule has 0 saturated carbocycles. The molecule has 7 heteroatoms. The van der Waals surface area contributed by atoms with E-state index < -0.39 is 19.5 Å². The highest BCUT2D eigenvalue weighted by atomic mass is 79.9. The average molecular weight is 396 g/mol. The standard InChI is InChI=1S/C11H15BrNO4P.2C2H6/c1-8(11(14)16-2)13-18(3,15)17-10-6-4-9(12)5-7-10;2*1-2/h4-8H,1-3H3,(H,13,15);2*1-2H3. The number of benzene rings is 1. The van der Waals surface area contributed by atoms with Crippen molar-refractivity contribution in [2.75, 3.05) is 13.8 Å². The highest BCUT2D eigenvalue weighted by molar-refractivity contribution is 9.10. The van der Waals surface area contributed by atoms with Crippen LogP contribution in [0.25, 0.3) is 0 Å². The second kappa shape index (κ2) is 12.7. The first-order valence-electron chi connectivity index (χ1n) is 7.22. The van der Waals surface area contributed by atoms with Gasteiger partial charge in [0.15, 0.2) is 0 Å². The van der Waals surface area contributed by atoms with E-state index >= 15 is 0 Å². The minimum absolute atomic E-state index is 0.466. The number of nitrogens with one attached hydrogen (secondary N) is 1. The molecule has 0 bridgehead atoms. The van der Waals surface area contributed by atoms with Gasteiger partial charge in [0.2, 0.25) is 0 Å². The highest BCUT2D eigenvalue weighted by Gasteiger charge is 2.24. The van der Waals surface area contributed by atoms with E-state index in [4.69, 9.17) is 4.52 Å². The van der Waals surface area contributed by atoms with E-state index in [0.29, 0.717) is 5.75 Å². The number of methoxy groups -OCH3 is 1. The minimum Gasteiger partial charge on any atom is -0.468 e. The van der Waals surface area contributed by atoms with Crippen LogP contribution in [-0.2, 0) is 14.1 Å². The van der Waals surface area contributed by atoms with Crippen LogP contribution < -0.4 is 9.61 Å². The van der Waals surface area contributed by atoms with Crippen LogP contribution >= 0.6 is 23.4 Å². The molecule has 0 fully saturated rings. The molecular formula is C15H27BrNO4P. The SMILES string of the molecule is CC.CC.COC(=O)C(C)NP(C)(=O)Oc1ccc(Br)cc1. The third kappa shape index (κ3) is 9.98. The van der Waals surface area contributed by atoms with Gasteiger partial charge in [-0.05, 0) is 31.2 Å². The van der Waals surface area contributed by atoms with Gasteiger partial charge in [-0.15, -0.1) is 0 Å². The second-order valence-electron chi connectivity index (χ2n) is 3.77. The molecule has 0 heterocycles. The summed E-state index contributed by atoms with van der Waals surface area (Å²) < 4.78 is 22.9. The van der Waals surface area contributed by atoms with Crippen molar-refractivity contribution in [2.45, 2.75) is 40.7 Å². The van der Waals surface area contributed by atoms with Crippen molar-refractivity contribution in [2.24, 2.45) is 0 Å². The van der Waals surface area contributed by atoms with Gasteiger partial charge in [-0.25, -0.2) is 5.09 Å². The molecule has 0 aromatic heterocycles. The lowest BCUT2D eigenvalue weighted by atomic mass is 10.3. The Morgan fingerprint density at radius 2 is 1.64 bits per heavy atom. The van der Waals surface area contributed by atoms with Gasteiger partial charge < -0.3 is 9.26 Å². The van der Waals surface area contributed by atoms with Gasteiger partial charge in [-0.2, -0.15) is 0 Å². The fourth-order valence-electron chi connectivity index (χ4n) is 1.30. The summed E-state index contributed by atoms with van der Waals surface area (Å²) in [5.41, 5.74) is 0. The van der Waals surface area contributed by atoms with Crippen molar-refractivity contribution >= 4 is 29.4 Å². The van der Waals surface area contributed by atoms with Crippen LogP contribution in [0.3, 0.4) is 0 Å². The van der Waals surface area contributed by atoms with Crippen LogP contribution in [0.4, 0.5) is 0 Å². The molecule has 128 valence electrons. The Hall–Kier alpha value is -0.840. The Bertz CT molecular complexity index is 465. The van der Waals surface area contributed by atoms with Crippen LogP contribution in [0.15, 0.2) is 28.7 Å². The molecule has 0 amide bonds. The summed E-state index contributed by atoms with van der Waals surface area (Å²) in [7, 11) is -1.84. The van der Waals surface area contributed by atoms with Gasteiger partial charge in [0, 0.05) is 11.1 Å². The van der Waals surface area contributed by atoms with Crippen LogP contribution in [-0.4, -0.2) is 25.8 Å². The van der Waals surface area contributed by atoms with Gasteiger partial charge in [-0.3, -0.25) is 9.36 Å². The Morgan fingerprint density at radius 1 is 1.18 bits per heavy atom. The summed E-state index contributed by atoms with van der Waals surface area (Å²) in [4.78, 5) is 11.2. The topological polar surface area (TPSA) is 64.6 Å². The molecule has 1 rings (SSSR count). The smallest absolute Gasteiger partial charge is 0.323 e. The third-order valence-corrected chi connectivity index (χ3v) is 4.02. The number of carbonyl (C=O) groups excluding carboxylic acids is 1. The fourth-order valence-corrected chi connectivity index (χ4v) is 2.95. The number of halogens is 1. The Labute approximate surface area is 142 Å². The van der Waals surface area contributed by atoms with Gasteiger partial charge >= 0.3 is 13.5 Å². The number of hydrogen-bond acceptors (Lipinski definition) is 4. The predicted octanol–water partition coefficient (Wildman–Crippen LogP) is 4.85. The van der Waals surface area contributed by atoms with E-state index in [2.05, 4.69) is 25.8 Å². The molecule has 0 aliphatic carbocycles. The molecule has 5 nitrogen and oxygen atoms in total. The van der Waals surface area contributed by atoms with Crippen LogP contribution in [0.1, 0.15) is 34.6 Å². The minimum atomic E-state index is -3.12. The first-order valence-corrected chi connectivity index (χ1v) is 10.1. The predicted molar refractivity (Wildman–Crippen MR) is 95.6 cm³/mol. The number of ether oxygens (including phenoxy) is 1. The lowest BCUT2D eigenvalue weighted by Crippen LogP contribution is -2.33. The Morgan fingerprint density at radius 3 is 2.05 bits per heavy atom. The lowest BCUT2D eigenvalue weighted by Gasteiger charge is -2.19. The zero-order valence-corrected chi connectivity index (χ0v) is 16.8. The summed E-state index contributed by atoms with van der Waals surface area (Å²) in [6.45, 7) is 11.0. The van der Waals surface area contributed by atoms with Gasteiger partial charge in [-0.1, -0.05) is 43.6 Å². The van der Waals surface area contributed by atoms with E-state index in [9.17, 15) is 9.36 Å². The average Bonchev–Trinajstić information content (AvgIpc) is 2.52. The molecule has 0 radical (unpaired) electrons. The molecule has 1 aromatic carbocycles. The number of carbonyl (C=O) groups is 1. The van der Waals surface area contributed by atoms with Crippen molar-refractivity contribution in [1.29, 1.82) is 0 Å². The maximum absolute atomic E-state index is 12.1. The van der Waals surface area contributed by atoms with Crippen molar-refractivity contribution in [1.82, 2.24) is 5.09 Å². The first kappa shape index (κ1) is 23.4.